The van der Waals surface area contributed by atoms with E-state index in [1.54, 1.807) is 6.08 Å². The zero-order valence-corrected chi connectivity index (χ0v) is 15.4. The van der Waals surface area contributed by atoms with E-state index in [2.05, 4.69) is 6.07 Å². The van der Waals surface area contributed by atoms with Gasteiger partial charge in [-0.2, -0.15) is 5.26 Å². The average molecular weight is 361 g/mol. The van der Waals surface area contributed by atoms with Gasteiger partial charge in [-0.3, -0.25) is 4.79 Å². The number of nitriles is 1. The maximum atomic E-state index is 13.2. The summed E-state index contributed by atoms with van der Waals surface area (Å²) in [6.07, 6.45) is 3.40. The van der Waals surface area contributed by atoms with Crippen molar-refractivity contribution >= 4 is 16.6 Å². The van der Waals surface area contributed by atoms with Crippen molar-refractivity contribution in [1.82, 2.24) is 0 Å². The summed E-state index contributed by atoms with van der Waals surface area (Å²) in [4.78, 5) is 13.1. The molecule has 130 valence electrons. The van der Waals surface area contributed by atoms with Gasteiger partial charge in [0.2, 0.25) is 0 Å². The van der Waals surface area contributed by atoms with Crippen molar-refractivity contribution < 1.29 is 9.00 Å². The number of rotatable bonds is 3. The molecular formula is C22H19NO2S. The van der Waals surface area contributed by atoms with Crippen molar-refractivity contribution in [3.05, 3.63) is 71.3 Å². The highest BCUT2D eigenvalue weighted by Crippen LogP contribution is 2.51. The molecule has 0 aliphatic heterocycles. The number of benzene rings is 2. The maximum Gasteiger partial charge on any atom is 0.156 e. The van der Waals surface area contributed by atoms with E-state index < -0.39 is 16.2 Å². The molecule has 0 amide bonds. The van der Waals surface area contributed by atoms with Crippen molar-refractivity contribution in [1.29, 1.82) is 5.26 Å². The van der Waals surface area contributed by atoms with Crippen LogP contribution in [-0.2, 0) is 21.0 Å². The number of carbonyl (C=O) groups excluding carboxylic acids is 1. The summed E-state index contributed by atoms with van der Waals surface area (Å²) in [7, 11) is -1.34. The van der Waals surface area contributed by atoms with E-state index in [0.717, 1.165) is 21.6 Å². The molecule has 3 nitrogen and oxygen atoms in total. The van der Waals surface area contributed by atoms with Gasteiger partial charge in [-0.05, 0) is 55.5 Å². The predicted octanol–water partition coefficient (Wildman–Crippen LogP) is 4.23. The molecule has 1 saturated carbocycles. The van der Waals surface area contributed by atoms with Gasteiger partial charge in [0.25, 0.3) is 0 Å². The van der Waals surface area contributed by atoms with Crippen LogP contribution in [0.3, 0.4) is 0 Å². The molecule has 2 aromatic carbocycles. The monoisotopic (exact) mass is 361 g/mol. The van der Waals surface area contributed by atoms with Gasteiger partial charge >= 0.3 is 0 Å². The molecule has 0 aromatic heterocycles. The van der Waals surface area contributed by atoms with Crippen molar-refractivity contribution in [3.63, 3.8) is 0 Å². The molecule has 0 unspecified atom stereocenters. The van der Waals surface area contributed by atoms with Crippen LogP contribution < -0.4 is 0 Å². The Morgan fingerprint density at radius 3 is 2.58 bits per heavy atom. The average Bonchev–Trinajstić information content (AvgIpc) is 3.16. The fourth-order valence-electron chi connectivity index (χ4n) is 4.16. The number of carbonyl (C=O) groups is 1. The van der Waals surface area contributed by atoms with Gasteiger partial charge in [0.05, 0.1) is 22.3 Å². The smallest absolute Gasteiger partial charge is 0.156 e. The Hall–Kier alpha value is -2.51. The van der Waals surface area contributed by atoms with Gasteiger partial charge < -0.3 is 0 Å². The molecule has 0 spiro atoms. The van der Waals surface area contributed by atoms with Crippen LogP contribution in [-0.4, -0.2) is 9.99 Å². The Labute approximate surface area is 155 Å². The molecule has 0 bridgehead atoms. The van der Waals surface area contributed by atoms with Crippen LogP contribution in [0.25, 0.3) is 0 Å². The van der Waals surface area contributed by atoms with Crippen LogP contribution in [0.1, 0.15) is 30.4 Å². The number of hydrogen-bond acceptors (Lipinski definition) is 3. The molecule has 4 rings (SSSR count). The molecule has 3 atom stereocenters. The molecule has 0 radical (unpaired) electrons. The second-order valence-electron chi connectivity index (χ2n) is 7.24. The van der Waals surface area contributed by atoms with Gasteiger partial charge in [0.1, 0.15) is 0 Å². The molecule has 1 fully saturated rings. The van der Waals surface area contributed by atoms with E-state index in [1.165, 1.54) is 0 Å². The minimum absolute atomic E-state index is 0.156. The van der Waals surface area contributed by atoms with Crippen molar-refractivity contribution in [2.24, 2.45) is 5.92 Å². The first kappa shape index (κ1) is 16.9. The Morgan fingerprint density at radius 2 is 1.88 bits per heavy atom. The number of fused-ring (bicyclic) bond motifs is 1. The summed E-state index contributed by atoms with van der Waals surface area (Å²) >= 11 is 0. The zero-order chi connectivity index (χ0) is 18.3. The number of aryl methyl sites for hydroxylation is 1. The highest BCUT2D eigenvalue weighted by atomic mass is 32.2. The van der Waals surface area contributed by atoms with Gasteiger partial charge in [-0.1, -0.05) is 41.5 Å². The first-order chi connectivity index (χ1) is 12.5. The molecule has 0 saturated heterocycles. The fourth-order valence-corrected chi connectivity index (χ4v) is 5.46. The van der Waals surface area contributed by atoms with Gasteiger partial charge in [-0.15, -0.1) is 0 Å². The normalized spacial score (nSPS) is 25.5. The minimum Gasteiger partial charge on any atom is -0.295 e. The molecule has 2 aliphatic rings. The van der Waals surface area contributed by atoms with E-state index in [1.807, 2.05) is 55.5 Å². The highest BCUT2D eigenvalue weighted by molar-refractivity contribution is 7.85. The SMILES string of the molecule is Cc1ccc([S@](=O)c2ccccc2[C@@]2(C#N)CC3=CC(=O)C[C@@H]3C2)cc1. The van der Waals surface area contributed by atoms with E-state index >= 15 is 0 Å². The Balaban J connectivity index is 1.78. The Kier molecular flexibility index (Phi) is 4.13. The van der Waals surface area contributed by atoms with Crippen LogP contribution in [0.5, 0.6) is 0 Å². The molecular weight excluding hydrogens is 342 g/mol. The van der Waals surface area contributed by atoms with Crippen molar-refractivity contribution in [2.45, 2.75) is 41.4 Å². The summed E-state index contributed by atoms with van der Waals surface area (Å²) in [6, 6.07) is 17.7. The second-order valence-corrected chi connectivity index (χ2v) is 8.69. The standard InChI is InChI=1S/C22H19NO2S/c1-15-6-8-19(9-7-15)26(25)21-5-3-2-4-20(21)22(14-23)12-16-10-18(24)11-17(16)13-22/h2-10,17H,11-13H2,1H3/t17-,22+,26+/m1/s1. The number of hydrogen-bond donors (Lipinski definition) is 0. The molecule has 2 aliphatic carbocycles. The lowest BCUT2D eigenvalue weighted by Gasteiger charge is -2.24. The summed E-state index contributed by atoms with van der Waals surface area (Å²) in [5.41, 5.74) is 2.33. The van der Waals surface area contributed by atoms with E-state index in [4.69, 9.17) is 0 Å². The van der Waals surface area contributed by atoms with Crippen LogP contribution in [0, 0.1) is 24.2 Å². The second kappa shape index (κ2) is 6.34. The molecule has 4 heteroatoms. The molecule has 26 heavy (non-hydrogen) atoms. The quantitative estimate of drug-likeness (QED) is 0.822. The van der Waals surface area contributed by atoms with Gasteiger partial charge in [0, 0.05) is 16.2 Å². The first-order valence-electron chi connectivity index (χ1n) is 8.75. The van der Waals surface area contributed by atoms with E-state index in [9.17, 15) is 14.3 Å². The van der Waals surface area contributed by atoms with Crippen LogP contribution >= 0.6 is 0 Å². The fraction of sp³-hybridized carbons (Fsp3) is 0.273. The Morgan fingerprint density at radius 1 is 1.15 bits per heavy atom. The molecule has 0 heterocycles. The summed E-state index contributed by atoms with van der Waals surface area (Å²) < 4.78 is 13.2. The van der Waals surface area contributed by atoms with Gasteiger partial charge in [0.15, 0.2) is 5.78 Å². The summed E-state index contributed by atoms with van der Waals surface area (Å²) in [6.45, 7) is 2.00. The third kappa shape index (κ3) is 2.73. The van der Waals surface area contributed by atoms with Crippen LogP contribution in [0.15, 0.2) is 70.0 Å². The van der Waals surface area contributed by atoms with Crippen LogP contribution in [0.2, 0.25) is 0 Å². The van der Waals surface area contributed by atoms with E-state index in [0.29, 0.717) is 24.2 Å². The Bertz CT molecular complexity index is 984. The highest BCUT2D eigenvalue weighted by Gasteiger charge is 2.47. The topological polar surface area (TPSA) is 57.9 Å². The number of ketones is 1. The predicted molar refractivity (Wildman–Crippen MR) is 100 cm³/mol. The lowest BCUT2D eigenvalue weighted by atomic mass is 9.79. The number of nitrogens with zero attached hydrogens (tertiary/aromatic N) is 1. The third-order valence-electron chi connectivity index (χ3n) is 5.47. The summed E-state index contributed by atoms with van der Waals surface area (Å²) in [5, 5.41) is 10.0. The zero-order valence-electron chi connectivity index (χ0n) is 14.6. The van der Waals surface area contributed by atoms with Crippen molar-refractivity contribution in [3.8, 4) is 6.07 Å². The summed E-state index contributed by atoms with van der Waals surface area (Å²) in [5.74, 6) is 0.316. The lowest BCUT2D eigenvalue weighted by molar-refractivity contribution is -0.114. The maximum absolute atomic E-state index is 13.2. The van der Waals surface area contributed by atoms with E-state index in [-0.39, 0.29) is 11.7 Å². The lowest BCUT2D eigenvalue weighted by Crippen LogP contribution is -2.23. The van der Waals surface area contributed by atoms with Crippen molar-refractivity contribution in [2.75, 3.05) is 0 Å². The molecule has 0 N–H and O–H groups in total. The number of allylic oxidation sites excluding steroid dienone is 2. The van der Waals surface area contributed by atoms with Crippen LogP contribution in [0.4, 0.5) is 0 Å². The first-order valence-corrected chi connectivity index (χ1v) is 9.90. The van der Waals surface area contributed by atoms with Gasteiger partial charge in [-0.25, -0.2) is 4.21 Å². The third-order valence-corrected chi connectivity index (χ3v) is 6.93. The minimum atomic E-state index is -1.34. The molecule has 2 aromatic rings. The largest absolute Gasteiger partial charge is 0.295 e.